The van der Waals surface area contributed by atoms with Gasteiger partial charge in [-0.2, -0.15) is 0 Å². The molecule has 0 aliphatic carbocycles. The van der Waals surface area contributed by atoms with Crippen LogP contribution in [0.3, 0.4) is 0 Å². The van der Waals surface area contributed by atoms with E-state index in [1.807, 2.05) is 13.0 Å². The van der Waals surface area contributed by atoms with E-state index in [1.54, 1.807) is 23.7 Å². The minimum Gasteiger partial charge on any atom is -0.368 e. The summed E-state index contributed by atoms with van der Waals surface area (Å²) in [6.45, 7) is 2.01. The molecule has 0 saturated carbocycles. The van der Waals surface area contributed by atoms with Gasteiger partial charge in [0, 0.05) is 18.0 Å². The van der Waals surface area contributed by atoms with Crippen molar-refractivity contribution in [1.29, 1.82) is 0 Å². The Balaban J connectivity index is 2.13. The molecule has 17 heavy (non-hydrogen) atoms. The van der Waals surface area contributed by atoms with E-state index in [4.69, 9.17) is 5.73 Å². The first-order valence-electron chi connectivity index (χ1n) is 5.17. The van der Waals surface area contributed by atoms with Crippen molar-refractivity contribution in [1.82, 2.24) is 15.0 Å². The molecule has 2 N–H and O–H groups in total. The maximum atomic E-state index is 5.47. The molecule has 3 aromatic rings. The van der Waals surface area contributed by atoms with Gasteiger partial charge in [-0.25, -0.2) is 15.0 Å². The number of nitrogen functional groups attached to an aromatic ring is 1. The van der Waals surface area contributed by atoms with Crippen molar-refractivity contribution in [2.24, 2.45) is 0 Å². The number of benzene rings is 1. The highest BCUT2D eigenvalue weighted by Crippen LogP contribution is 2.26. The van der Waals surface area contributed by atoms with Gasteiger partial charge in [0.05, 0.1) is 15.2 Å². The second kappa shape index (κ2) is 3.78. The lowest BCUT2D eigenvalue weighted by molar-refractivity contribution is 1.19. The van der Waals surface area contributed by atoms with Crippen molar-refractivity contribution in [2.45, 2.75) is 6.92 Å². The minimum absolute atomic E-state index is 0.291. The van der Waals surface area contributed by atoms with Gasteiger partial charge in [-0.1, -0.05) is 6.07 Å². The number of hydrogen-bond acceptors (Lipinski definition) is 5. The van der Waals surface area contributed by atoms with E-state index in [0.717, 1.165) is 21.7 Å². The number of hydrogen-bond donors (Lipinski definition) is 1. The summed E-state index contributed by atoms with van der Waals surface area (Å²) in [5.74, 6) is 0.291. The third-order valence-corrected chi connectivity index (χ3v) is 3.45. The quantitative estimate of drug-likeness (QED) is 0.712. The average Bonchev–Trinajstić information content (AvgIpc) is 2.69. The van der Waals surface area contributed by atoms with Crippen molar-refractivity contribution in [3.63, 3.8) is 0 Å². The highest BCUT2D eigenvalue weighted by atomic mass is 32.1. The van der Waals surface area contributed by atoms with Crippen LogP contribution in [0.25, 0.3) is 21.3 Å². The first-order valence-corrected chi connectivity index (χ1v) is 5.99. The molecular weight excluding hydrogens is 232 g/mol. The van der Waals surface area contributed by atoms with Crippen molar-refractivity contribution in [2.75, 3.05) is 5.73 Å². The van der Waals surface area contributed by atoms with Crippen LogP contribution >= 0.6 is 11.3 Å². The molecule has 0 saturated heterocycles. The monoisotopic (exact) mass is 242 g/mol. The summed E-state index contributed by atoms with van der Waals surface area (Å²) in [4.78, 5) is 12.4. The summed E-state index contributed by atoms with van der Waals surface area (Å²) in [6, 6.07) is 6.17. The molecule has 0 fully saturated rings. The zero-order valence-electron chi connectivity index (χ0n) is 9.21. The third kappa shape index (κ3) is 1.85. The standard InChI is InChI=1S/C12H10N4S/c1-7-16-10-4-8(2-3-11(10)17-7)9-5-14-12(13)15-6-9/h2-6H,1H3,(H2,13,14,15). The molecule has 0 aliphatic heterocycles. The van der Waals surface area contributed by atoms with Crippen molar-refractivity contribution in [3.8, 4) is 11.1 Å². The Bertz CT molecular complexity index is 673. The average molecular weight is 242 g/mol. The second-order valence-corrected chi connectivity index (χ2v) is 4.98. The molecule has 0 aliphatic rings. The molecule has 0 atom stereocenters. The highest BCUT2D eigenvalue weighted by Gasteiger charge is 2.04. The van der Waals surface area contributed by atoms with E-state index in [2.05, 4.69) is 27.1 Å². The molecule has 0 radical (unpaired) electrons. The zero-order chi connectivity index (χ0) is 11.8. The zero-order valence-corrected chi connectivity index (χ0v) is 10.0. The van der Waals surface area contributed by atoms with Gasteiger partial charge in [0.1, 0.15) is 0 Å². The number of fused-ring (bicyclic) bond motifs is 1. The molecule has 5 heteroatoms. The number of rotatable bonds is 1. The second-order valence-electron chi connectivity index (χ2n) is 3.75. The first-order chi connectivity index (χ1) is 8.22. The van der Waals surface area contributed by atoms with Crippen LogP contribution in [0.1, 0.15) is 5.01 Å². The van der Waals surface area contributed by atoms with Crippen LogP contribution in [0.15, 0.2) is 30.6 Å². The summed E-state index contributed by atoms with van der Waals surface area (Å²) in [7, 11) is 0. The Labute approximate surface area is 102 Å². The fourth-order valence-corrected chi connectivity index (χ4v) is 2.52. The summed E-state index contributed by atoms with van der Waals surface area (Å²) >= 11 is 1.70. The molecule has 0 spiro atoms. The minimum atomic E-state index is 0.291. The van der Waals surface area contributed by atoms with E-state index in [1.165, 1.54) is 4.70 Å². The number of nitrogens with zero attached hydrogens (tertiary/aromatic N) is 3. The Morgan fingerprint density at radius 2 is 1.88 bits per heavy atom. The summed E-state index contributed by atoms with van der Waals surface area (Å²) in [5, 5.41) is 1.07. The maximum Gasteiger partial charge on any atom is 0.219 e. The van der Waals surface area contributed by atoms with Gasteiger partial charge in [-0.05, 0) is 24.6 Å². The molecule has 0 bridgehead atoms. The molecule has 1 aromatic carbocycles. The fourth-order valence-electron chi connectivity index (χ4n) is 1.71. The number of anilines is 1. The molecule has 0 unspecified atom stereocenters. The van der Waals surface area contributed by atoms with Crippen LogP contribution in [-0.4, -0.2) is 15.0 Å². The fraction of sp³-hybridized carbons (Fsp3) is 0.0833. The molecule has 0 amide bonds. The molecule has 2 heterocycles. The Morgan fingerprint density at radius 1 is 1.12 bits per heavy atom. The number of nitrogens with two attached hydrogens (primary N) is 1. The summed E-state index contributed by atoms with van der Waals surface area (Å²) in [5.41, 5.74) is 8.49. The lowest BCUT2D eigenvalue weighted by Gasteiger charge is -2.00. The topological polar surface area (TPSA) is 64.7 Å². The van der Waals surface area contributed by atoms with E-state index in [0.29, 0.717) is 5.95 Å². The van der Waals surface area contributed by atoms with Crippen LogP contribution in [0.5, 0.6) is 0 Å². The maximum absolute atomic E-state index is 5.47. The van der Waals surface area contributed by atoms with Crippen LogP contribution in [0.2, 0.25) is 0 Å². The van der Waals surface area contributed by atoms with Gasteiger partial charge in [0.25, 0.3) is 0 Å². The van der Waals surface area contributed by atoms with Gasteiger partial charge in [-0.15, -0.1) is 11.3 Å². The predicted octanol–water partition coefficient (Wildman–Crippen LogP) is 2.64. The Kier molecular flexibility index (Phi) is 2.26. The van der Waals surface area contributed by atoms with Crippen LogP contribution in [0.4, 0.5) is 5.95 Å². The van der Waals surface area contributed by atoms with Crippen molar-refractivity contribution >= 4 is 27.5 Å². The Hall–Kier alpha value is -2.01. The lowest BCUT2D eigenvalue weighted by Crippen LogP contribution is -1.93. The number of aromatic nitrogens is 3. The largest absolute Gasteiger partial charge is 0.368 e. The molecule has 2 aromatic heterocycles. The normalized spacial score (nSPS) is 10.9. The summed E-state index contributed by atoms with van der Waals surface area (Å²) < 4.78 is 1.20. The van der Waals surface area contributed by atoms with Gasteiger partial charge >= 0.3 is 0 Å². The van der Waals surface area contributed by atoms with E-state index >= 15 is 0 Å². The van der Waals surface area contributed by atoms with Crippen molar-refractivity contribution < 1.29 is 0 Å². The summed E-state index contributed by atoms with van der Waals surface area (Å²) in [6.07, 6.45) is 3.45. The van der Waals surface area contributed by atoms with Gasteiger partial charge in [0.15, 0.2) is 0 Å². The number of thiazole rings is 1. The first kappa shape index (κ1) is 10.2. The van der Waals surface area contributed by atoms with Crippen molar-refractivity contribution in [3.05, 3.63) is 35.6 Å². The molecule has 3 rings (SSSR count). The van der Waals surface area contributed by atoms with E-state index in [9.17, 15) is 0 Å². The van der Waals surface area contributed by atoms with Crippen LogP contribution < -0.4 is 5.73 Å². The molecule has 4 nitrogen and oxygen atoms in total. The lowest BCUT2D eigenvalue weighted by atomic mass is 10.1. The number of aryl methyl sites for hydroxylation is 1. The highest BCUT2D eigenvalue weighted by molar-refractivity contribution is 7.18. The van der Waals surface area contributed by atoms with Crippen LogP contribution in [0, 0.1) is 6.92 Å². The Morgan fingerprint density at radius 3 is 2.65 bits per heavy atom. The SMILES string of the molecule is Cc1nc2cc(-c3cnc(N)nc3)ccc2s1. The van der Waals surface area contributed by atoms with E-state index in [-0.39, 0.29) is 0 Å². The predicted molar refractivity (Wildman–Crippen MR) is 69.8 cm³/mol. The van der Waals surface area contributed by atoms with E-state index < -0.39 is 0 Å². The van der Waals surface area contributed by atoms with Crippen LogP contribution in [-0.2, 0) is 0 Å². The third-order valence-electron chi connectivity index (χ3n) is 2.50. The molecule has 84 valence electrons. The smallest absolute Gasteiger partial charge is 0.219 e. The van der Waals surface area contributed by atoms with Gasteiger partial charge in [-0.3, -0.25) is 0 Å². The van der Waals surface area contributed by atoms with Gasteiger partial charge < -0.3 is 5.73 Å². The van der Waals surface area contributed by atoms with Gasteiger partial charge in [0.2, 0.25) is 5.95 Å². The molecular formula is C12H10N4S.